The lowest BCUT2D eigenvalue weighted by atomic mass is 9.95. The molecule has 0 heterocycles. The second kappa shape index (κ2) is 11.3. The molecule has 38 heavy (non-hydrogen) atoms. The predicted molar refractivity (Wildman–Crippen MR) is 148 cm³/mol. The van der Waals surface area contributed by atoms with Crippen molar-refractivity contribution in [2.24, 2.45) is 5.92 Å². The average Bonchev–Trinajstić information content (AvgIpc) is 3.55. The zero-order chi connectivity index (χ0) is 26.7. The zero-order valence-corrected chi connectivity index (χ0v) is 22.2. The Morgan fingerprint density at radius 1 is 1.05 bits per heavy atom. The lowest BCUT2D eigenvalue weighted by Gasteiger charge is -2.24. The fourth-order valence-electron chi connectivity index (χ4n) is 5.83. The Morgan fingerprint density at radius 3 is 2.39 bits per heavy atom. The molecule has 6 heteroatoms. The van der Waals surface area contributed by atoms with Gasteiger partial charge >= 0.3 is 6.16 Å². The van der Waals surface area contributed by atoms with Crippen molar-refractivity contribution in [2.75, 3.05) is 13.2 Å². The summed E-state index contributed by atoms with van der Waals surface area (Å²) in [6, 6.07) is 22.2. The van der Waals surface area contributed by atoms with E-state index in [9.17, 15) is 9.90 Å². The molecule has 3 aromatic rings. The van der Waals surface area contributed by atoms with E-state index in [-0.39, 0.29) is 18.2 Å². The minimum Gasteiger partial charge on any atom is -0.449 e. The van der Waals surface area contributed by atoms with Crippen molar-refractivity contribution >= 4 is 6.16 Å². The van der Waals surface area contributed by atoms with Gasteiger partial charge in [0, 0.05) is 12.1 Å². The highest BCUT2D eigenvalue weighted by atomic mass is 16.7. The zero-order valence-electron chi connectivity index (χ0n) is 22.2. The third kappa shape index (κ3) is 6.26. The lowest BCUT2D eigenvalue weighted by molar-refractivity contribution is -0.00329. The number of rotatable bonds is 11. The molecule has 0 amide bonds. The van der Waals surface area contributed by atoms with Crippen LogP contribution in [0.25, 0.3) is 11.1 Å². The van der Waals surface area contributed by atoms with Gasteiger partial charge in [-0.05, 0) is 97.4 Å². The van der Waals surface area contributed by atoms with Gasteiger partial charge in [-0.1, -0.05) is 54.6 Å². The molecule has 200 valence electrons. The van der Waals surface area contributed by atoms with E-state index in [1.165, 1.54) is 24.0 Å². The van der Waals surface area contributed by atoms with Crippen LogP contribution in [0.4, 0.5) is 4.79 Å². The van der Waals surface area contributed by atoms with Gasteiger partial charge in [0.25, 0.3) is 0 Å². The van der Waals surface area contributed by atoms with Crippen LogP contribution in [0, 0.1) is 12.8 Å². The monoisotopic (exact) mass is 515 g/mol. The number of fused-ring (bicyclic) bond motifs is 1. The molecule has 6 nitrogen and oxygen atoms in total. The number of carboxylic acid groups (broad SMARTS) is 1. The summed E-state index contributed by atoms with van der Waals surface area (Å²) in [4.78, 5) is 10.9. The Labute approximate surface area is 224 Å². The molecule has 0 aliphatic heterocycles. The number of β-amino-alcohol motifs (C(OH)–C–C–N with tert-alkyl or cyclic N) is 1. The molecule has 3 aromatic carbocycles. The number of hydrogen-bond donors (Lipinski definition) is 3. The minimum absolute atomic E-state index is 0.167. The second-order valence-electron chi connectivity index (χ2n) is 11.0. The number of ether oxygens (including phenoxy) is 2. The van der Waals surface area contributed by atoms with Gasteiger partial charge in [0.1, 0.15) is 5.75 Å². The molecule has 2 aliphatic carbocycles. The van der Waals surface area contributed by atoms with Crippen LogP contribution in [-0.2, 0) is 17.6 Å². The Bertz CT molecular complexity index is 1260. The van der Waals surface area contributed by atoms with Crippen molar-refractivity contribution in [3.63, 3.8) is 0 Å². The maximum absolute atomic E-state index is 10.9. The van der Waals surface area contributed by atoms with Crippen molar-refractivity contribution in [1.29, 1.82) is 0 Å². The molecule has 1 saturated carbocycles. The van der Waals surface area contributed by atoms with Crippen LogP contribution in [0.5, 0.6) is 5.75 Å². The van der Waals surface area contributed by atoms with Gasteiger partial charge < -0.3 is 25.0 Å². The van der Waals surface area contributed by atoms with Crippen LogP contribution in [0.15, 0.2) is 66.7 Å². The standard InChI is InChI=1S/C32H37NO5/c1-21-15-26(11-12-30(21)38-31(35)36)29-10-6-5-9-28(29)22(2)37-20-27(34)19-33-32(13-14-32)18-23-16-24-7-3-4-8-25(24)17-23/h3-12,15,22-23,27,33-34H,13-14,16-20H2,1-2H3,(H,35,36)/t22-,27-/m1/s1. The highest BCUT2D eigenvalue weighted by Gasteiger charge is 2.44. The summed E-state index contributed by atoms with van der Waals surface area (Å²) in [6.45, 7) is 4.59. The number of hydrogen-bond acceptors (Lipinski definition) is 5. The molecule has 0 spiro atoms. The van der Waals surface area contributed by atoms with Crippen molar-refractivity contribution < 1.29 is 24.5 Å². The molecular formula is C32H37NO5. The van der Waals surface area contributed by atoms with Crippen LogP contribution < -0.4 is 10.1 Å². The first-order valence-electron chi connectivity index (χ1n) is 13.5. The van der Waals surface area contributed by atoms with E-state index < -0.39 is 12.3 Å². The summed E-state index contributed by atoms with van der Waals surface area (Å²) in [7, 11) is 0. The Kier molecular flexibility index (Phi) is 7.84. The highest BCUT2D eigenvalue weighted by molar-refractivity contribution is 5.70. The van der Waals surface area contributed by atoms with Gasteiger partial charge in [0.2, 0.25) is 0 Å². The van der Waals surface area contributed by atoms with Crippen LogP contribution in [0.2, 0.25) is 0 Å². The first kappa shape index (κ1) is 26.4. The number of aliphatic hydroxyl groups excluding tert-OH is 1. The number of aliphatic hydroxyl groups is 1. The van der Waals surface area contributed by atoms with E-state index >= 15 is 0 Å². The largest absolute Gasteiger partial charge is 0.511 e. The quantitative estimate of drug-likeness (QED) is 0.212. The number of aryl methyl sites for hydroxylation is 1. The predicted octanol–water partition coefficient (Wildman–Crippen LogP) is 6.08. The molecule has 0 aromatic heterocycles. The van der Waals surface area contributed by atoms with Gasteiger partial charge in [0.05, 0.1) is 18.8 Å². The van der Waals surface area contributed by atoms with Gasteiger partial charge in [0.15, 0.2) is 0 Å². The molecule has 0 saturated heterocycles. The summed E-state index contributed by atoms with van der Waals surface area (Å²) < 4.78 is 11.0. The number of nitrogens with one attached hydrogen (secondary N) is 1. The Morgan fingerprint density at radius 2 is 1.74 bits per heavy atom. The molecule has 2 atom stereocenters. The van der Waals surface area contributed by atoms with Gasteiger partial charge in [-0.3, -0.25) is 0 Å². The lowest BCUT2D eigenvalue weighted by Crippen LogP contribution is -2.40. The van der Waals surface area contributed by atoms with Gasteiger partial charge in [-0.15, -0.1) is 0 Å². The van der Waals surface area contributed by atoms with E-state index in [1.54, 1.807) is 6.07 Å². The number of carbonyl (C=O) groups is 1. The van der Waals surface area contributed by atoms with Crippen molar-refractivity contribution in [2.45, 2.75) is 63.7 Å². The third-order valence-corrected chi connectivity index (χ3v) is 8.00. The van der Waals surface area contributed by atoms with Crippen molar-refractivity contribution in [1.82, 2.24) is 5.32 Å². The number of benzene rings is 3. The topological polar surface area (TPSA) is 88.0 Å². The van der Waals surface area contributed by atoms with Crippen molar-refractivity contribution in [3.8, 4) is 16.9 Å². The van der Waals surface area contributed by atoms with E-state index in [4.69, 9.17) is 14.6 Å². The van der Waals surface area contributed by atoms with Gasteiger partial charge in [-0.25, -0.2) is 4.79 Å². The van der Waals surface area contributed by atoms with Crippen LogP contribution in [0.1, 0.15) is 54.5 Å². The molecule has 5 rings (SSSR count). The third-order valence-electron chi connectivity index (χ3n) is 8.00. The maximum atomic E-state index is 10.9. The minimum atomic E-state index is -1.33. The normalized spacial score (nSPS) is 17.6. The molecule has 1 fully saturated rings. The maximum Gasteiger partial charge on any atom is 0.511 e. The van der Waals surface area contributed by atoms with Gasteiger partial charge in [-0.2, -0.15) is 0 Å². The summed E-state index contributed by atoms with van der Waals surface area (Å²) in [5.74, 6) is 1.00. The Balaban J connectivity index is 1.13. The molecule has 2 aliphatic rings. The van der Waals surface area contributed by atoms with Crippen LogP contribution >= 0.6 is 0 Å². The van der Waals surface area contributed by atoms with Crippen molar-refractivity contribution in [3.05, 3.63) is 89.0 Å². The highest BCUT2D eigenvalue weighted by Crippen LogP contribution is 2.44. The van der Waals surface area contributed by atoms with Crippen LogP contribution in [0.3, 0.4) is 0 Å². The summed E-state index contributed by atoms with van der Waals surface area (Å²) >= 11 is 0. The summed E-state index contributed by atoms with van der Waals surface area (Å²) in [5, 5.41) is 23.3. The first-order chi connectivity index (χ1) is 18.3. The Hall–Kier alpha value is -3.19. The molecule has 0 unspecified atom stereocenters. The summed E-state index contributed by atoms with van der Waals surface area (Å²) in [5.41, 5.74) is 6.88. The molecule has 0 bridgehead atoms. The second-order valence-corrected chi connectivity index (χ2v) is 11.0. The fourth-order valence-corrected chi connectivity index (χ4v) is 5.83. The first-order valence-corrected chi connectivity index (χ1v) is 13.5. The smallest absolute Gasteiger partial charge is 0.449 e. The fraction of sp³-hybridized carbons (Fsp3) is 0.406. The van der Waals surface area contributed by atoms with E-state index in [2.05, 4.69) is 29.6 Å². The van der Waals surface area contributed by atoms with Crippen LogP contribution in [-0.4, -0.2) is 41.2 Å². The SMILES string of the molecule is Cc1cc(-c2ccccc2[C@@H](C)OC[C@H](O)CNC2(CC3Cc4ccccc4C3)CC2)ccc1OC(=O)O. The van der Waals surface area contributed by atoms with E-state index in [1.807, 2.05) is 50.2 Å². The van der Waals surface area contributed by atoms with E-state index in [0.717, 1.165) is 41.5 Å². The summed E-state index contributed by atoms with van der Waals surface area (Å²) in [6.07, 6.45) is 3.70. The molecule has 3 N–H and O–H groups in total. The molecule has 0 radical (unpaired) electrons. The average molecular weight is 516 g/mol. The molecular weight excluding hydrogens is 478 g/mol. The van der Waals surface area contributed by atoms with E-state index in [0.29, 0.717) is 18.2 Å².